The third-order valence-corrected chi connectivity index (χ3v) is 1.62. The quantitative estimate of drug-likeness (QED) is 0.453. The lowest BCUT2D eigenvalue weighted by molar-refractivity contribution is 0.581. The summed E-state index contributed by atoms with van der Waals surface area (Å²) in [5, 5.41) is 0. The van der Waals surface area contributed by atoms with Gasteiger partial charge in [0.1, 0.15) is 0 Å². The Labute approximate surface area is 63.8 Å². The van der Waals surface area contributed by atoms with Crippen LogP contribution in [0.1, 0.15) is 11.1 Å². The minimum atomic E-state index is -0.452. The Morgan fingerprint density at radius 1 is 1.70 bits per heavy atom. The number of rotatable bonds is 1. The van der Waals surface area contributed by atoms with Crippen molar-refractivity contribution in [2.24, 2.45) is 0 Å². The van der Waals surface area contributed by atoms with E-state index in [9.17, 15) is 4.39 Å². The molecule has 3 heteroatoms. The summed E-state index contributed by atoms with van der Waals surface area (Å²) in [5.74, 6) is -0.0644. The molecule has 0 atom stereocenters. The summed E-state index contributed by atoms with van der Waals surface area (Å²) in [6, 6.07) is 1.37. The van der Waals surface area contributed by atoms with Crippen LogP contribution in [0.15, 0.2) is 12.3 Å². The summed E-state index contributed by atoms with van der Waals surface area (Å²) in [6.45, 7) is 1.81. The molecule has 0 aliphatic rings. The summed E-state index contributed by atoms with van der Waals surface area (Å²) >= 11 is 5.52. The van der Waals surface area contributed by atoms with Gasteiger partial charge in [0.15, 0.2) is 0 Å². The molecule has 0 spiro atoms. The van der Waals surface area contributed by atoms with E-state index in [1.165, 1.54) is 12.3 Å². The second-order valence-electron chi connectivity index (χ2n) is 2.07. The molecule has 0 aromatic carbocycles. The van der Waals surface area contributed by atoms with E-state index in [-0.39, 0.29) is 0 Å². The lowest BCUT2D eigenvalue weighted by Gasteiger charge is -1.98. The van der Waals surface area contributed by atoms with Gasteiger partial charge in [0.05, 0.1) is 0 Å². The Morgan fingerprint density at radius 2 is 2.40 bits per heavy atom. The van der Waals surface area contributed by atoms with Crippen molar-refractivity contribution >= 4 is 11.6 Å². The summed E-state index contributed by atoms with van der Waals surface area (Å²) in [4.78, 5) is 3.46. The maximum absolute atomic E-state index is 12.3. The van der Waals surface area contributed by atoms with Crippen molar-refractivity contribution < 1.29 is 4.39 Å². The molecule has 0 bridgehead atoms. The predicted octanol–water partition coefficient (Wildman–Crippen LogP) is 2.27. The van der Waals surface area contributed by atoms with Crippen molar-refractivity contribution in [2.45, 2.75) is 12.8 Å². The van der Waals surface area contributed by atoms with E-state index < -0.39 is 5.95 Å². The van der Waals surface area contributed by atoms with E-state index in [2.05, 4.69) is 4.98 Å². The summed E-state index contributed by atoms with van der Waals surface area (Å²) in [7, 11) is 0. The van der Waals surface area contributed by atoms with Crippen LogP contribution in [-0.2, 0) is 5.88 Å². The van der Waals surface area contributed by atoms with Crippen molar-refractivity contribution in [3.63, 3.8) is 0 Å². The Bertz CT molecular complexity index is 237. The minimum Gasteiger partial charge on any atom is -0.228 e. The lowest BCUT2D eigenvalue weighted by atomic mass is 10.2. The summed E-state index contributed by atoms with van der Waals surface area (Å²) < 4.78 is 12.3. The zero-order valence-corrected chi connectivity index (χ0v) is 6.32. The molecule has 0 saturated heterocycles. The topological polar surface area (TPSA) is 12.9 Å². The third kappa shape index (κ3) is 1.45. The normalized spacial score (nSPS) is 9.90. The highest BCUT2D eigenvalue weighted by Gasteiger charge is 1.97. The first-order valence-electron chi connectivity index (χ1n) is 2.91. The molecule has 1 nitrogen and oxygen atoms in total. The number of aromatic nitrogens is 1. The number of aryl methyl sites for hydroxylation is 1. The zero-order chi connectivity index (χ0) is 7.56. The van der Waals surface area contributed by atoms with E-state index in [1.54, 1.807) is 0 Å². The molecule has 0 radical (unpaired) electrons. The van der Waals surface area contributed by atoms with Gasteiger partial charge in [-0.3, -0.25) is 0 Å². The molecular weight excluding hydrogens is 153 g/mol. The van der Waals surface area contributed by atoms with Crippen LogP contribution in [-0.4, -0.2) is 4.98 Å². The van der Waals surface area contributed by atoms with Crippen LogP contribution in [0.2, 0.25) is 0 Å². The molecule has 10 heavy (non-hydrogen) atoms. The highest BCUT2D eigenvalue weighted by molar-refractivity contribution is 6.17. The molecule has 0 unspecified atom stereocenters. The van der Waals surface area contributed by atoms with E-state index in [1.807, 2.05) is 6.92 Å². The second-order valence-corrected chi connectivity index (χ2v) is 2.33. The Morgan fingerprint density at radius 3 is 2.90 bits per heavy atom. The van der Waals surface area contributed by atoms with Gasteiger partial charge in [0.2, 0.25) is 5.95 Å². The average Bonchev–Trinajstić information content (AvgIpc) is 1.88. The van der Waals surface area contributed by atoms with Gasteiger partial charge in [-0.1, -0.05) is 0 Å². The highest BCUT2D eigenvalue weighted by Crippen LogP contribution is 2.09. The molecule has 1 aromatic heterocycles. The molecule has 1 heterocycles. The second kappa shape index (κ2) is 2.97. The maximum atomic E-state index is 12.3. The van der Waals surface area contributed by atoms with Crippen molar-refractivity contribution in [1.29, 1.82) is 0 Å². The van der Waals surface area contributed by atoms with Crippen LogP contribution < -0.4 is 0 Å². The van der Waals surface area contributed by atoms with Crippen LogP contribution >= 0.6 is 11.6 Å². The van der Waals surface area contributed by atoms with Crippen LogP contribution in [0.5, 0.6) is 0 Å². The molecule has 1 aromatic rings. The number of hydrogen-bond acceptors (Lipinski definition) is 1. The van der Waals surface area contributed by atoms with Crippen molar-refractivity contribution in [3.05, 3.63) is 29.3 Å². The van der Waals surface area contributed by atoms with Crippen molar-refractivity contribution in [1.82, 2.24) is 4.98 Å². The van der Waals surface area contributed by atoms with Crippen LogP contribution in [0.4, 0.5) is 4.39 Å². The summed E-state index contributed by atoms with van der Waals surface area (Å²) in [5.41, 5.74) is 1.73. The van der Waals surface area contributed by atoms with Gasteiger partial charge in [0.25, 0.3) is 0 Å². The van der Waals surface area contributed by atoms with Crippen LogP contribution in [0.25, 0.3) is 0 Å². The van der Waals surface area contributed by atoms with Gasteiger partial charge >= 0.3 is 0 Å². The minimum absolute atomic E-state index is 0.388. The SMILES string of the molecule is Cc1cc(F)ncc1CCl. The number of alkyl halides is 1. The molecule has 0 aliphatic carbocycles. The van der Waals surface area contributed by atoms with E-state index >= 15 is 0 Å². The van der Waals surface area contributed by atoms with Crippen molar-refractivity contribution in [3.8, 4) is 0 Å². The molecule has 0 N–H and O–H groups in total. The van der Waals surface area contributed by atoms with Gasteiger partial charge in [0, 0.05) is 12.1 Å². The van der Waals surface area contributed by atoms with Gasteiger partial charge in [-0.15, -0.1) is 11.6 Å². The van der Waals surface area contributed by atoms with Crippen LogP contribution in [0.3, 0.4) is 0 Å². The highest BCUT2D eigenvalue weighted by atomic mass is 35.5. The molecule has 0 amide bonds. The molecule has 54 valence electrons. The first-order chi connectivity index (χ1) is 4.74. The molecule has 0 aliphatic heterocycles. The fourth-order valence-corrected chi connectivity index (χ4v) is 0.970. The Kier molecular flexibility index (Phi) is 2.22. The standard InChI is InChI=1S/C7H7ClFN/c1-5-2-7(9)10-4-6(5)3-8/h2,4H,3H2,1H3. The van der Waals surface area contributed by atoms with Crippen LogP contribution in [0, 0.1) is 12.9 Å². The van der Waals surface area contributed by atoms with E-state index in [4.69, 9.17) is 11.6 Å². The number of hydrogen-bond donors (Lipinski definition) is 0. The largest absolute Gasteiger partial charge is 0.228 e. The Hall–Kier alpha value is -0.630. The van der Waals surface area contributed by atoms with E-state index in [0.29, 0.717) is 5.88 Å². The Balaban J connectivity index is 3.07. The van der Waals surface area contributed by atoms with Gasteiger partial charge in [-0.25, -0.2) is 4.98 Å². The lowest BCUT2D eigenvalue weighted by Crippen LogP contribution is -1.89. The molecule has 0 fully saturated rings. The fourth-order valence-electron chi connectivity index (χ4n) is 0.690. The van der Waals surface area contributed by atoms with Crippen molar-refractivity contribution in [2.75, 3.05) is 0 Å². The monoisotopic (exact) mass is 159 g/mol. The fraction of sp³-hybridized carbons (Fsp3) is 0.286. The summed E-state index contributed by atoms with van der Waals surface area (Å²) in [6.07, 6.45) is 1.46. The van der Waals surface area contributed by atoms with Gasteiger partial charge < -0.3 is 0 Å². The molecular formula is C7H7ClFN. The number of pyridine rings is 1. The third-order valence-electron chi connectivity index (χ3n) is 1.33. The first kappa shape index (κ1) is 7.48. The van der Waals surface area contributed by atoms with E-state index in [0.717, 1.165) is 11.1 Å². The average molecular weight is 160 g/mol. The number of nitrogens with zero attached hydrogens (tertiary/aromatic N) is 1. The number of halogens is 2. The molecule has 1 rings (SSSR count). The zero-order valence-electron chi connectivity index (χ0n) is 5.56. The van der Waals surface area contributed by atoms with Gasteiger partial charge in [-0.05, 0) is 24.1 Å². The van der Waals surface area contributed by atoms with Gasteiger partial charge in [-0.2, -0.15) is 4.39 Å². The smallest absolute Gasteiger partial charge is 0.213 e. The first-order valence-corrected chi connectivity index (χ1v) is 3.44. The molecule has 0 saturated carbocycles. The maximum Gasteiger partial charge on any atom is 0.213 e. The predicted molar refractivity (Wildman–Crippen MR) is 38.5 cm³/mol.